The molecule has 0 unspecified atom stereocenters. The minimum atomic E-state index is -0.501. The van der Waals surface area contributed by atoms with Crippen LogP contribution in [0.4, 0.5) is 10.5 Å². The Hall–Kier alpha value is -2.12. The van der Waals surface area contributed by atoms with Crippen molar-refractivity contribution < 1.29 is 9.32 Å². The van der Waals surface area contributed by atoms with Crippen molar-refractivity contribution in [3.05, 3.63) is 30.1 Å². The quantitative estimate of drug-likeness (QED) is 0.769. The van der Waals surface area contributed by atoms with Crippen molar-refractivity contribution in [3.8, 4) is 11.5 Å². The average Bonchev–Trinajstić information content (AvgIpc) is 3.17. The number of carbonyl (C=O) groups is 1. The Balaban J connectivity index is 0.00000225. The molecule has 0 aliphatic heterocycles. The Morgan fingerprint density at radius 1 is 1.28 bits per heavy atom. The molecule has 0 atom stereocenters. The number of anilines is 1. The fraction of sp³-hybridized carbons (Fsp3) is 0.471. The van der Waals surface area contributed by atoms with Crippen LogP contribution in [0.5, 0.6) is 0 Å². The van der Waals surface area contributed by atoms with E-state index >= 15 is 0 Å². The normalized spacial score (nSPS) is 15.7. The average molecular weight is 366 g/mol. The molecular weight excluding hydrogens is 342 g/mol. The molecule has 4 N–H and O–H groups in total. The van der Waals surface area contributed by atoms with Crippen LogP contribution in [0.25, 0.3) is 11.5 Å². The van der Waals surface area contributed by atoms with Gasteiger partial charge in [0.25, 0.3) is 5.89 Å². The van der Waals surface area contributed by atoms with Crippen LogP contribution in [0, 0.1) is 0 Å². The van der Waals surface area contributed by atoms with Gasteiger partial charge in [0.15, 0.2) is 5.82 Å². The summed E-state index contributed by atoms with van der Waals surface area (Å²) in [6, 6.07) is 7.11. The first-order valence-electron chi connectivity index (χ1n) is 8.28. The number of amides is 2. The lowest BCUT2D eigenvalue weighted by Gasteiger charge is -2.17. The Bertz CT molecular complexity index is 725. The van der Waals surface area contributed by atoms with E-state index in [0.717, 1.165) is 25.7 Å². The fourth-order valence-corrected chi connectivity index (χ4v) is 2.96. The van der Waals surface area contributed by atoms with Gasteiger partial charge in [0.1, 0.15) is 0 Å². The third-order valence-electron chi connectivity index (χ3n) is 4.19. The molecule has 1 aromatic carbocycles. The first kappa shape index (κ1) is 19.2. The van der Waals surface area contributed by atoms with Gasteiger partial charge >= 0.3 is 6.03 Å². The number of aromatic nitrogens is 2. The van der Waals surface area contributed by atoms with Gasteiger partial charge in [-0.3, -0.25) is 0 Å². The van der Waals surface area contributed by atoms with Crippen molar-refractivity contribution in [1.29, 1.82) is 0 Å². The molecule has 0 spiro atoms. The summed E-state index contributed by atoms with van der Waals surface area (Å²) < 4.78 is 5.42. The van der Waals surface area contributed by atoms with Crippen LogP contribution in [0.3, 0.4) is 0 Å². The van der Waals surface area contributed by atoms with E-state index in [1.807, 2.05) is 32.0 Å². The zero-order valence-electron chi connectivity index (χ0n) is 14.4. The number of benzene rings is 1. The maximum absolute atomic E-state index is 12.0. The molecule has 1 heterocycles. The summed E-state index contributed by atoms with van der Waals surface area (Å²) in [4.78, 5) is 16.5. The van der Waals surface area contributed by atoms with Crippen LogP contribution in [0.2, 0.25) is 0 Å². The number of halogens is 1. The molecule has 1 fully saturated rings. The predicted octanol–water partition coefficient (Wildman–Crippen LogP) is 3.42. The van der Waals surface area contributed by atoms with Crippen LogP contribution < -0.4 is 16.4 Å². The zero-order valence-corrected chi connectivity index (χ0v) is 15.2. The maximum atomic E-state index is 12.0. The molecule has 2 amide bonds. The van der Waals surface area contributed by atoms with Crippen LogP contribution >= 0.6 is 12.4 Å². The van der Waals surface area contributed by atoms with Crippen molar-refractivity contribution in [3.63, 3.8) is 0 Å². The molecule has 1 saturated carbocycles. The first-order valence-corrected chi connectivity index (χ1v) is 8.28. The minimum Gasteiger partial charge on any atom is -0.336 e. The Labute approximate surface area is 153 Å². The van der Waals surface area contributed by atoms with E-state index in [1.54, 1.807) is 6.07 Å². The van der Waals surface area contributed by atoms with Crippen LogP contribution in [0.1, 0.15) is 45.4 Å². The van der Waals surface area contributed by atoms with E-state index in [4.69, 9.17) is 10.3 Å². The molecule has 1 aliphatic rings. The number of nitrogens with zero attached hydrogens (tertiary/aromatic N) is 2. The van der Waals surface area contributed by atoms with E-state index in [9.17, 15) is 4.79 Å². The maximum Gasteiger partial charge on any atom is 0.319 e. The molecule has 0 bridgehead atoms. The van der Waals surface area contributed by atoms with Gasteiger partial charge in [-0.2, -0.15) is 4.98 Å². The number of rotatable bonds is 4. The molecule has 7 nitrogen and oxygen atoms in total. The van der Waals surface area contributed by atoms with Gasteiger partial charge < -0.3 is 20.9 Å². The highest BCUT2D eigenvalue weighted by Gasteiger charge is 2.36. The molecule has 1 aromatic heterocycles. The van der Waals surface area contributed by atoms with Crippen LogP contribution in [-0.4, -0.2) is 22.2 Å². The number of hydrogen-bond acceptors (Lipinski definition) is 5. The second kappa shape index (κ2) is 7.84. The molecule has 3 rings (SSSR count). The van der Waals surface area contributed by atoms with Gasteiger partial charge in [-0.15, -0.1) is 12.4 Å². The van der Waals surface area contributed by atoms with E-state index in [1.165, 1.54) is 0 Å². The topological polar surface area (TPSA) is 106 Å². The van der Waals surface area contributed by atoms with Crippen molar-refractivity contribution >= 4 is 24.1 Å². The number of hydrogen-bond donors (Lipinski definition) is 3. The molecule has 1 aliphatic carbocycles. The Morgan fingerprint density at radius 2 is 1.96 bits per heavy atom. The van der Waals surface area contributed by atoms with Gasteiger partial charge in [-0.05, 0) is 38.8 Å². The lowest BCUT2D eigenvalue weighted by atomic mass is 9.98. The third-order valence-corrected chi connectivity index (χ3v) is 4.19. The largest absolute Gasteiger partial charge is 0.336 e. The monoisotopic (exact) mass is 365 g/mol. The smallest absolute Gasteiger partial charge is 0.319 e. The standard InChI is InChI=1S/C17H23N5O2.ClH/c1-11(2)19-16(23)20-13-8-4-3-7-12(13)14-21-15(22-24-14)17(18)9-5-6-10-17;/h3-4,7-8,11H,5-6,9-10,18H2,1-2H3,(H2,19,20,23);1H. The molecule has 25 heavy (non-hydrogen) atoms. The van der Waals surface area contributed by atoms with Gasteiger partial charge in [0, 0.05) is 6.04 Å². The first-order chi connectivity index (χ1) is 11.5. The lowest BCUT2D eigenvalue weighted by Crippen LogP contribution is -2.34. The highest BCUT2D eigenvalue weighted by molar-refractivity contribution is 5.93. The van der Waals surface area contributed by atoms with Crippen LogP contribution in [0.15, 0.2) is 28.8 Å². The Kier molecular flexibility index (Phi) is 6.02. The molecule has 2 aromatic rings. The van der Waals surface area contributed by atoms with Gasteiger partial charge in [0.05, 0.1) is 16.8 Å². The summed E-state index contributed by atoms with van der Waals surface area (Å²) >= 11 is 0. The number of para-hydroxylation sites is 1. The predicted molar refractivity (Wildman–Crippen MR) is 98.6 cm³/mol. The minimum absolute atomic E-state index is 0. The summed E-state index contributed by atoms with van der Waals surface area (Å²) in [6.45, 7) is 3.80. The second-order valence-corrected chi connectivity index (χ2v) is 6.59. The number of nitrogens with one attached hydrogen (secondary N) is 2. The summed E-state index contributed by atoms with van der Waals surface area (Å²) in [6.07, 6.45) is 3.88. The zero-order chi connectivity index (χ0) is 17.2. The highest BCUT2D eigenvalue weighted by atomic mass is 35.5. The van der Waals surface area contributed by atoms with Crippen LogP contribution in [-0.2, 0) is 5.54 Å². The van der Waals surface area contributed by atoms with E-state index in [2.05, 4.69) is 20.8 Å². The summed E-state index contributed by atoms with van der Waals surface area (Å²) in [5.41, 5.74) is 7.17. The SMILES string of the molecule is CC(C)NC(=O)Nc1ccccc1-c1nc(C2(N)CCCC2)no1.Cl. The van der Waals surface area contributed by atoms with Crippen molar-refractivity contribution in [2.75, 3.05) is 5.32 Å². The van der Waals surface area contributed by atoms with Crippen molar-refractivity contribution in [1.82, 2.24) is 15.5 Å². The molecule has 136 valence electrons. The highest BCUT2D eigenvalue weighted by Crippen LogP contribution is 2.36. The van der Waals surface area contributed by atoms with Crippen molar-refractivity contribution in [2.24, 2.45) is 5.73 Å². The lowest BCUT2D eigenvalue weighted by molar-refractivity contribution is 0.250. The summed E-state index contributed by atoms with van der Waals surface area (Å²) in [5, 5.41) is 9.68. The van der Waals surface area contributed by atoms with Gasteiger partial charge in [-0.1, -0.05) is 30.1 Å². The van der Waals surface area contributed by atoms with Gasteiger partial charge in [-0.25, -0.2) is 4.79 Å². The molecule has 0 saturated heterocycles. The summed E-state index contributed by atoms with van der Waals surface area (Å²) in [7, 11) is 0. The second-order valence-electron chi connectivity index (χ2n) is 6.59. The van der Waals surface area contributed by atoms with E-state index < -0.39 is 5.54 Å². The van der Waals surface area contributed by atoms with E-state index in [-0.39, 0.29) is 24.5 Å². The number of urea groups is 1. The number of nitrogens with two attached hydrogens (primary N) is 1. The summed E-state index contributed by atoms with van der Waals surface area (Å²) in [5.74, 6) is 0.901. The fourth-order valence-electron chi connectivity index (χ4n) is 2.96. The third kappa shape index (κ3) is 4.29. The van der Waals surface area contributed by atoms with Gasteiger partial charge in [0.2, 0.25) is 0 Å². The molecule has 8 heteroatoms. The van der Waals surface area contributed by atoms with Crippen molar-refractivity contribution in [2.45, 2.75) is 51.1 Å². The van der Waals surface area contributed by atoms with E-state index in [0.29, 0.717) is 23.0 Å². The Morgan fingerprint density at radius 3 is 2.64 bits per heavy atom. The number of carbonyl (C=O) groups excluding carboxylic acids is 1. The molecule has 0 radical (unpaired) electrons. The molecular formula is C17H24ClN5O2.